The van der Waals surface area contributed by atoms with Crippen LogP contribution in [0, 0.1) is 124 Å². The van der Waals surface area contributed by atoms with Crippen molar-refractivity contribution in [3.63, 3.8) is 0 Å². The molecule has 0 amide bonds. The molecule has 2 atom stereocenters. The van der Waals surface area contributed by atoms with Crippen LogP contribution in [-0.2, 0) is 34.1 Å². The van der Waals surface area contributed by atoms with Gasteiger partial charge in [-0.2, -0.15) is 0 Å². The molecule has 2 nitrogen and oxygen atoms in total. The second-order valence-corrected chi connectivity index (χ2v) is 14.2. The first kappa shape index (κ1) is 36.0. The van der Waals surface area contributed by atoms with Crippen LogP contribution in [0.25, 0.3) is 0 Å². The van der Waals surface area contributed by atoms with Gasteiger partial charge >= 0.3 is 184 Å². The van der Waals surface area contributed by atoms with Crippen LogP contribution in [0.3, 0.4) is 0 Å². The molecule has 0 unspecified atom stereocenters. The molecule has 4 aliphatic rings. The van der Waals surface area contributed by atoms with Crippen molar-refractivity contribution in [1.82, 2.24) is 9.80 Å². The molecule has 4 rings (SSSR count). The molecule has 0 heterocycles. The van der Waals surface area contributed by atoms with E-state index in [9.17, 15) is 0 Å². The normalized spacial score (nSPS) is 23.6. The van der Waals surface area contributed by atoms with E-state index in [4.69, 9.17) is 0 Å². The number of rotatable bonds is 7. The van der Waals surface area contributed by atoms with Gasteiger partial charge in [0.1, 0.15) is 0 Å². The SMILES string of the molecule is C[C@@H]([C]1[CH][CH][CH][C]1[Se][Se][C]1[CH][CH][CH][C]1[C@H](C)N(C)C)N(C)C.[CH]1[CH][CH][CH][CH]1.[CH]1[CH][CH][CH][CH]1.[Fe+2].[Fe+2]. The van der Waals surface area contributed by atoms with Gasteiger partial charge in [-0.3, -0.25) is 0 Å². The van der Waals surface area contributed by atoms with E-state index >= 15 is 0 Å². The molecule has 34 heavy (non-hydrogen) atoms. The summed E-state index contributed by atoms with van der Waals surface area (Å²) >= 11 is 1.12. The second-order valence-electron chi connectivity index (χ2n) is 8.06. The first-order chi connectivity index (χ1) is 15.4. The summed E-state index contributed by atoms with van der Waals surface area (Å²) < 4.78 is 0. The Morgan fingerprint density at radius 3 is 0.971 bits per heavy atom. The zero-order valence-electron chi connectivity index (χ0n) is 20.8. The molecule has 0 aromatic rings. The maximum absolute atomic E-state index is 2.33. The van der Waals surface area contributed by atoms with Gasteiger partial charge in [-0.25, -0.2) is 0 Å². The van der Waals surface area contributed by atoms with Crippen LogP contribution >= 0.6 is 0 Å². The minimum atomic E-state index is 0. The Morgan fingerprint density at radius 2 is 0.735 bits per heavy atom. The predicted octanol–water partition coefficient (Wildman–Crippen LogP) is 3.71. The summed E-state index contributed by atoms with van der Waals surface area (Å²) in [6.07, 6.45) is 33.7. The largest absolute Gasteiger partial charge is 2.00 e. The minimum absolute atomic E-state index is 0. The van der Waals surface area contributed by atoms with Crippen LogP contribution in [0.1, 0.15) is 13.8 Å². The number of hydrogen-bond acceptors (Lipinski definition) is 2. The van der Waals surface area contributed by atoms with Crippen molar-refractivity contribution in [1.29, 1.82) is 0 Å². The minimum Gasteiger partial charge on any atom is -0.0312 e. The third kappa shape index (κ3) is 13.2. The summed E-state index contributed by atoms with van der Waals surface area (Å²) in [6.45, 7) is 4.59. The molecule has 182 valence electrons. The zero-order valence-corrected chi connectivity index (χ0v) is 26.4. The molecule has 20 radical (unpaired) electrons. The van der Waals surface area contributed by atoms with E-state index in [-0.39, 0.29) is 34.1 Å². The van der Waals surface area contributed by atoms with Crippen LogP contribution in [0.4, 0.5) is 0 Å². The molecule has 4 fully saturated rings. The molecule has 0 N–H and O–H groups in total. The van der Waals surface area contributed by atoms with E-state index in [1.54, 1.807) is 9.63 Å². The van der Waals surface area contributed by atoms with Gasteiger partial charge in [0.25, 0.3) is 0 Å². The van der Waals surface area contributed by atoms with Crippen LogP contribution < -0.4 is 0 Å². The third-order valence-corrected chi connectivity index (χ3v) is 12.7. The maximum atomic E-state index is 2.33. The second kappa shape index (κ2) is 20.9. The number of hydrogen-bond donors (Lipinski definition) is 0. The van der Waals surface area contributed by atoms with E-state index in [2.05, 4.69) is 90.4 Å². The van der Waals surface area contributed by atoms with Crippen molar-refractivity contribution >= 4 is 26.3 Å². The Labute approximate surface area is 246 Å². The summed E-state index contributed by atoms with van der Waals surface area (Å²) in [5, 5.41) is 0. The van der Waals surface area contributed by atoms with Gasteiger partial charge in [0.2, 0.25) is 0 Å². The van der Waals surface area contributed by atoms with Crippen LogP contribution in [0.15, 0.2) is 0 Å². The molecule has 0 aliphatic heterocycles. The summed E-state index contributed by atoms with van der Waals surface area (Å²) in [5.74, 6) is 3.03. The predicted molar refractivity (Wildman–Crippen MR) is 140 cm³/mol. The molecule has 0 bridgehead atoms. The van der Waals surface area contributed by atoms with Crippen molar-refractivity contribution in [3.8, 4) is 0 Å². The van der Waals surface area contributed by atoms with Crippen molar-refractivity contribution < 1.29 is 34.1 Å². The van der Waals surface area contributed by atoms with Gasteiger partial charge < -0.3 is 0 Å². The van der Waals surface area contributed by atoms with Gasteiger partial charge in [0.15, 0.2) is 0 Å². The maximum Gasteiger partial charge on any atom is 2.00 e. The Morgan fingerprint density at radius 1 is 0.471 bits per heavy atom. The van der Waals surface area contributed by atoms with Gasteiger partial charge in [0, 0.05) is 0 Å². The van der Waals surface area contributed by atoms with Crippen LogP contribution in [0.2, 0.25) is 0 Å². The Kier molecular flexibility index (Phi) is 22.1. The summed E-state index contributed by atoms with van der Waals surface area (Å²) in [7, 11) is 8.64. The molecule has 4 aliphatic carbocycles. The molecule has 0 aromatic carbocycles. The summed E-state index contributed by atoms with van der Waals surface area (Å²) in [6, 6.07) is 1.00. The van der Waals surface area contributed by atoms with Crippen molar-refractivity contribution in [2.45, 2.75) is 25.9 Å². The van der Waals surface area contributed by atoms with E-state index in [0.29, 0.717) is 38.3 Å². The average Bonchev–Trinajstić information content (AvgIpc) is 3.61. The zero-order chi connectivity index (χ0) is 23.3. The molecular weight excluding hydrogens is 634 g/mol. The van der Waals surface area contributed by atoms with E-state index in [0.717, 1.165) is 0 Å². The summed E-state index contributed by atoms with van der Waals surface area (Å²) in [4.78, 5) is 7.75. The molecule has 6 heteroatoms. The van der Waals surface area contributed by atoms with Crippen molar-refractivity contribution in [2.24, 2.45) is 0 Å². The van der Waals surface area contributed by atoms with E-state index in [1.165, 1.54) is 11.8 Å². The van der Waals surface area contributed by atoms with Crippen molar-refractivity contribution in [2.75, 3.05) is 28.2 Å². The standard InChI is InChI=1S/C18H26N2Se2.2C5H5.2Fe/c1-13(19(3)4)15-9-7-11-17(15)21-22-18-12-8-10-16(18)14(2)20(5)6;2*1-2-4-5-3-1;;/h7-14H,1-6H3;2*1-5H;;/q;;;2*+2/t13-,14-;;;;/m0..../s1. The molecule has 0 aromatic heterocycles. The Balaban J connectivity index is 0.000000746. The summed E-state index contributed by atoms with van der Waals surface area (Å²) in [5.41, 5.74) is 0. The van der Waals surface area contributed by atoms with Crippen molar-refractivity contribution in [3.05, 3.63) is 124 Å². The molecular formula is C28H36Fe2N2Se2+4. The fourth-order valence-electron chi connectivity index (χ4n) is 2.96. The van der Waals surface area contributed by atoms with Gasteiger partial charge in [0.05, 0.1) is 0 Å². The molecule has 0 saturated heterocycles. The van der Waals surface area contributed by atoms with Gasteiger partial charge in [-0.1, -0.05) is 0 Å². The number of nitrogens with zero attached hydrogens (tertiary/aromatic N) is 2. The van der Waals surface area contributed by atoms with Crippen LogP contribution in [-0.4, -0.2) is 76.3 Å². The van der Waals surface area contributed by atoms with Gasteiger partial charge in [-0.15, -0.1) is 0 Å². The van der Waals surface area contributed by atoms with E-state index in [1.807, 2.05) is 64.2 Å². The molecule has 4 saturated carbocycles. The Hall–Kier alpha value is 2.00. The fraction of sp³-hybridized carbons (Fsp3) is 0.286. The van der Waals surface area contributed by atoms with E-state index < -0.39 is 0 Å². The fourth-order valence-corrected chi connectivity index (χ4v) is 10.6. The van der Waals surface area contributed by atoms with Gasteiger partial charge in [-0.05, 0) is 64.2 Å². The third-order valence-electron chi connectivity index (χ3n) is 5.40. The topological polar surface area (TPSA) is 6.48 Å². The molecule has 0 spiro atoms. The van der Waals surface area contributed by atoms with Crippen LogP contribution in [0.5, 0.6) is 0 Å². The first-order valence-corrected chi connectivity index (χ1v) is 17.0. The monoisotopic (exact) mass is 672 g/mol. The average molecular weight is 670 g/mol. The smallest absolute Gasteiger partial charge is 0.0312 e. The Bertz CT molecular complexity index is 416. The first-order valence-electron chi connectivity index (χ1n) is 10.9. The quantitative estimate of drug-likeness (QED) is 0.382.